The van der Waals surface area contributed by atoms with Gasteiger partial charge in [0.15, 0.2) is 12.0 Å². The molecule has 0 aliphatic carbocycles. The Hall–Kier alpha value is -4.93. The van der Waals surface area contributed by atoms with E-state index in [9.17, 15) is 9.18 Å². The first-order valence-corrected chi connectivity index (χ1v) is 12.8. The van der Waals surface area contributed by atoms with Gasteiger partial charge in [-0.05, 0) is 71.0 Å². The van der Waals surface area contributed by atoms with Crippen molar-refractivity contribution in [2.45, 2.75) is 46.2 Å². The van der Waals surface area contributed by atoms with Gasteiger partial charge < -0.3 is 25.1 Å². The number of carbonyl (C=O) groups excluding carboxylic acids is 1. The van der Waals surface area contributed by atoms with Crippen molar-refractivity contribution in [1.29, 1.82) is 0 Å². The number of nitrogens with zero attached hydrogens (tertiary/aromatic N) is 4. The summed E-state index contributed by atoms with van der Waals surface area (Å²) < 4.78 is 27.8. The Bertz CT molecular complexity index is 1670. The van der Waals surface area contributed by atoms with Gasteiger partial charge in [-0.1, -0.05) is 0 Å². The predicted octanol–water partition coefficient (Wildman–Crippen LogP) is 7.24. The van der Waals surface area contributed by atoms with Crippen molar-refractivity contribution < 1.29 is 18.3 Å². The minimum atomic E-state index is -0.649. The van der Waals surface area contributed by atoms with Gasteiger partial charge in [-0.3, -0.25) is 4.68 Å². The molecule has 3 aromatic heterocycles. The molecule has 0 atom stereocenters. The van der Waals surface area contributed by atoms with Crippen LogP contribution in [0.1, 0.15) is 34.6 Å². The highest BCUT2D eigenvalue weighted by atomic mass is 19.1. The maximum Gasteiger partial charge on any atom is 0.323 e. The largest absolute Gasteiger partial charge is 0.457 e. The molecule has 0 aliphatic rings. The monoisotopic (exact) mass is 543 g/mol. The fourth-order valence-electron chi connectivity index (χ4n) is 3.95. The third-order valence-electron chi connectivity index (χ3n) is 5.85. The number of ether oxygens (including phenoxy) is 1. The van der Waals surface area contributed by atoms with Gasteiger partial charge in [0.2, 0.25) is 0 Å². The standard InChI is InChI=1S/C29H30FN7O3/c1-17(2)33-26-14-20(10-11-31-26)40-19-7-8-22(21(30)13-19)34-28(38)35-24-15-37(29(3,4)5)36-27(24)18-6-9-25-23(12-18)32-16-39-25/h6-17H,1-5H3,(H,31,33)(H2,34,35,38). The Labute approximate surface area is 230 Å². The molecule has 206 valence electrons. The minimum absolute atomic E-state index is 0.00415. The lowest BCUT2D eigenvalue weighted by atomic mass is 10.1. The molecular weight excluding hydrogens is 513 g/mol. The summed E-state index contributed by atoms with van der Waals surface area (Å²) in [6.07, 6.45) is 4.72. The number of nitrogens with one attached hydrogen (secondary N) is 3. The molecular formula is C29H30FN7O3. The maximum absolute atomic E-state index is 14.9. The van der Waals surface area contributed by atoms with Crippen LogP contribution >= 0.6 is 0 Å². The Kier molecular flexibility index (Phi) is 7.12. The Morgan fingerprint density at radius 3 is 2.52 bits per heavy atom. The van der Waals surface area contributed by atoms with Gasteiger partial charge in [0.05, 0.1) is 16.9 Å². The van der Waals surface area contributed by atoms with E-state index in [2.05, 4.69) is 25.9 Å². The van der Waals surface area contributed by atoms with E-state index in [4.69, 9.17) is 14.3 Å². The number of anilines is 3. The molecule has 11 heteroatoms. The number of amides is 2. The molecule has 0 bridgehead atoms. The number of urea groups is 1. The third-order valence-corrected chi connectivity index (χ3v) is 5.85. The molecule has 0 saturated carbocycles. The number of halogens is 1. The van der Waals surface area contributed by atoms with Crippen LogP contribution in [0.4, 0.5) is 26.4 Å². The molecule has 0 saturated heterocycles. The first-order chi connectivity index (χ1) is 19.0. The molecule has 40 heavy (non-hydrogen) atoms. The summed E-state index contributed by atoms with van der Waals surface area (Å²) in [5.41, 5.74) is 2.71. The molecule has 5 rings (SSSR count). The molecule has 5 aromatic rings. The Morgan fingerprint density at radius 1 is 1.00 bits per heavy atom. The summed E-state index contributed by atoms with van der Waals surface area (Å²) in [6.45, 7) is 10.0. The highest BCUT2D eigenvalue weighted by molar-refractivity contribution is 6.02. The van der Waals surface area contributed by atoms with Crippen molar-refractivity contribution in [2.75, 3.05) is 16.0 Å². The number of fused-ring (bicyclic) bond motifs is 1. The minimum Gasteiger partial charge on any atom is -0.457 e. The first kappa shape index (κ1) is 26.7. The zero-order valence-electron chi connectivity index (χ0n) is 22.8. The fraction of sp³-hybridized carbons (Fsp3) is 0.241. The lowest BCUT2D eigenvalue weighted by Crippen LogP contribution is -2.22. The van der Waals surface area contributed by atoms with Crippen LogP contribution in [0, 0.1) is 5.82 Å². The quantitative estimate of drug-likeness (QED) is 0.198. The Balaban J connectivity index is 1.32. The van der Waals surface area contributed by atoms with Crippen LogP contribution in [0.15, 0.2) is 71.7 Å². The zero-order chi connectivity index (χ0) is 28.4. The summed E-state index contributed by atoms with van der Waals surface area (Å²) in [5.74, 6) is 0.785. The van der Waals surface area contributed by atoms with Crippen LogP contribution in [0.5, 0.6) is 11.5 Å². The smallest absolute Gasteiger partial charge is 0.323 e. The molecule has 0 radical (unpaired) electrons. The average Bonchev–Trinajstić information content (AvgIpc) is 3.52. The molecule has 3 heterocycles. The van der Waals surface area contributed by atoms with Crippen LogP contribution in [0.3, 0.4) is 0 Å². The number of aromatic nitrogens is 4. The number of hydrogen-bond donors (Lipinski definition) is 3. The number of pyridine rings is 1. The second-order valence-corrected chi connectivity index (χ2v) is 10.5. The van der Waals surface area contributed by atoms with E-state index in [0.29, 0.717) is 34.0 Å². The van der Waals surface area contributed by atoms with Crippen molar-refractivity contribution in [2.24, 2.45) is 0 Å². The lowest BCUT2D eigenvalue weighted by Gasteiger charge is -2.18. The van der Waals surface area contributed by atoms with E-state index >= 15 is 0 Å². The maximum atomic E-state index is 14.9. The summed E-state index contributed by atoms with van der Waals surface area (Å²) in [7, 11) is 0. The first-order valence-electron chi connectivity index (χ1n) is 12.8. The highest BCUT2D eigenvalue weighted by Gasteiger charge is 2.21. The number of hydrogen-bond acceptors (Lipinski definition) is 7. The van der Waals surface area contributed by atoms with Crippen LogP contribution in [0.25, 0.3) is 22.4 Å². The summed E-state index contributed by atoms with van der Waals surface area (Å²) >= 11 is 0. The van der Waals surface area contributed by atoms with Crippen molar-refractivity contribution in [1.82, 2.24) is 19.7 Å². The van der Waals surface area contributed by atoms with Gasteiger partial charge in [-0.25, -0.2) is 19.2 Å². The molecule has 0 fully saturated rings. The van der Waals surface area contributed by atoms with Gasteiger partial charge in [-0.15, -0.1) is 0 Å². The number of benzene rings is 2. The molecule has 0 aliphatic heterocycles. The highest BCUT2D eigenvalue weighted by Crippen LogP contribution is 2.32. The molecule has 0 spiro atoms. The van der Waals surface area contributed by atoms with Gasteiger partial charge in [0, 0.05) is 36.1 Å². The fourth-order valence-corrected chi connectivity index (χ4v) is 3.95. The van der Waals surface area contributed by atoms with Gasteiger partial charge in [0.25, 0.3) is 0 Å². The van der Waals surface area contributed by atoms with Gasteiger partial charge in [-0.2, -0.15) is 5.10 Å². The van der Waals surface area contributed by atoms with Gasteiger partial charge >= 0.3 is 6.03 Å². The van der Waals surface area contributed by atoms with Crippen LogP contribution in [0.2, 0.25) is 0 Å². The molecule has 2 aromatic carbocycles. The molecule has 3 N–H and O–H groups in total. The van der Waals surface area contributed by atoms with Crippen LogP contribution < -0.4 is 20.7 Å². The molecule has 10 nitrogen and oxygen atoms in total. The number of carbonyl (C=O) groups is 1. The van der Waals surface area contributed by atoms with E-state index < -0.39 is 11.8 Å². The van der Waals surface area contributed by atoms with E-state index in [1.54, 1.807) is 41.3 Å². The number of oxazole rings is 1. The summed E-state index contributed by atoms with van der Waals surface area (Å²) in [5, 5.41) is 13.3. The lowest BCUT2D eigenvalue weighted by molar-refractivity contribution is 0.262. The van der Waals surface area contributed by atoms with E-state index in [1.807, 2.05) is 46.8 Å². The van der Waals surface area contributed by atoms with Gasteiger partial charge in [0.1, 0.15) is 34.3 Å². The van der Waals surface area contributed by atoms with Crippen molar-refractivity contribution in [3.63, 3.8) is 0 Å². The van der Waals surface area contributed by atoms with E-state index in [1.165, 1.54) is 18.5 Å². The van der Waals surface area contributed by atoms with Crippen LogP contribution in [-0.4, -0.2) is 31.8 Å². The van der Waals surface area contributed by atoms with Crippen molar-refractivity contribution in [3.8, 4) is 22.8 Å². The topological polar surface area (TPSA) is 119 Å². The average molecular weight is 544 g/mol. The molecule has 2 amide bonds. The Morgan fingerprint density at radius 2 is 1.77 bits per heavy atom. The molecule has 0 unspecified atom stereocenters. The normalized spacial score (nSPS) is 11.6. The van der Waals surface area contributed by atoms with Crippen LogP contribution in [-0.2, 0) is 5.54 Å². The van der Waals surface area contributed by atoms with Crippen molar-refractivity contribution >= 4 is 34.3 Å². The van der Waals surface area contributed by atoms with E-state index in [-0.39, 0.29) is 23.0 Å². The number of rotatable bonds is 7. The third kappa shape index (κ3) is 6.04. The SMILES string of the molecule is CC(C)Nc1cc(Oc2ccc(NC(=O)Nc3cn(C(C)(C)C)nc3-c3ccc4ocnc4c3)c(F)c2)ccn1. The second kappa shape index (κ2) is 10.7. The van der Waals surface area contributed by atoms with Crippen molar-refractivity contribution in [3.05, 3.63) is 73.1 Å². The summed E-state index contributed by atoms with van der Waals surface area (Å²) in [4.78, 5) is 21.4. The van der Waals surface area contributed by atoms with E-state index in [0.717, 1.165) is 5.56 Å². The summed E-state index contributed by atoms with van der Waals surface area (Å²) in [6, 6.07) is 12.7. The predicted molar refractivity (Wildman–Crippen MR) is 152 cm³/mol. The zero-order valence-corrected chi connectivity index (χ0v) is 22.8. The second-order valence-electron chi connectivity index (χ2n) is 10.5.